The molecule has 0 bridgehead atoms. The topological polar surface area (TPSA) is 28.5 Å². The average Bonchev–Trinajstić information content (AvgIpc) is 2.92. The van der Waals surface area contributed by atoms with E-state index in [9.17, 15) is 4.79 Å². The molecule has 1 aliphatic rings. The van der Waals surface area contributed by atoms with E-state index < -0.39 is 0 Å². The zero-order chi connectivity index (χ0) is 15.6. The van der Waals surface area contributed by atoms with Gasteiger partial charge >= 0.3 is 141 Å². The second kappa shape index (κ2) is 6.36. The molecule has 0 N–H and O–H groups in total. The third-order valence-corrected chi connectivity index (χ3v) is 6.42. The van der Waals surface area contributed by atoms with E-state index in [1.165, 1.54) is 9.95 Å². The first kappa shape index (κ1) is 14.8. The summed E-state index contributed by atoms with van der Waals surface area (Å²) in [6, 6.07) is 18.8. The molecule has 2 heterocycles. The molecule has 5 heteroatoms. The van der Waals surface area contributed by atoms with Crippen LogP contribution in [0.25, 0.3) is 9.78 Å². The molecule has 0 amide bonds. The third kappa shape index (κ3) is 3.00. The van der Waals surface area contributed by atoms with Gasteiger partial charge in [0, 0.05) is 0 Å². The molecule has 0 unspecified atom stereocenters. The summed E-state index contributed by atoms with van der Waals surface area (Å²) in [5.74, 6) is 0. The van der Waals surface area contributed by atoms with Gasteiger partial charge in [0.2, 0.25) is 0 Å². The number of piperazine rings is 1. The molecule has 1 aromatic heterocycles. The van der Waals surface area contributed by atoms with Crippen LogP contribution in [0.4, 0.5) is 5.69 Å². The summed E-state index contributed by atoms with van der Waals surface area (Å²) in [7, 11) is 0. The van der Waals surface area contributed by atoms with Crippen molar-refractivity contribution in [3.63, 3.8) is 0 Å². The molecule has 1 saturated heterocycles. The van der Waals surface area contributed by atoms with Crippen molar-refractivity contribution in [2.75, 3.05) is 31.1 Å². The Morgan fingerprint density at radius 3 is 2.35 bits per heavy atom. The SMILES string of the molecule is O=c1[se]c2ccccc2n1CN1CCN(c2ccccc2)CC1. The van der Waals surface area contributed by atoms with Crippen molar-refractivity contribution in [2.45, 2.75) is 6.67 Å². The third-order valence-electron chi connectivity index (χ3n) is 4.41. The van der Waals surface area contributed by atoms with Gasteiger partial charge in [0.1, 0.15) is 0 Å². The molecule has 1 aliphatic heterocycles. The molecule has 1 fully saturated rings. The van der Waals surface area contributed by atoms with Gasteiger partial charge in [-0.05, 0) is 0 Å². The monoisotopic (exact) mass is 373 g/mol. The minimum atomic E-state index is -0.0531. The van der Waals surface area contributed by atoms with E-state index in [1.54, 1.807) is 0 Å². The van der Waals surface area contributed by atoms with Crippen LogP contribution in [0, 0.1) is 0 Å². The molecule has 0 atom stereocenters. The number of aromatic nitrogens is 1. The number of fused-ring (bicyclic) bond motifs is 1. The van der Waals surface area contributed by atoms with Gasteiger partial charge in [0.15, 0.2) is 0 Å². The van der Waals surface area contributed by atoms with E-state index in [0.717, 1.165) is 38.4 Å². The Labute approximate surface area is 141 Å². The molecule has 0 saturated carbocycles. The van der Waals surface area contributed by atoms with Crippen molar-refractivity contribution in [1.82, 2.24) is 9.47 Å². The quantitative estimate of drug-likeness (QED) is 0.657. The Morgan fingerprint density at radius 2 is 1.57 bits per heavy atom. The molecule has 0 radical (unpaired) electrons. The van der Waals surface area contributed by atoms with E-state index in [1.807, 2.05) is 16.7 Å². The Kier molecular flexibility index (Phi) is 4.08. The van der Waals surface area contributed by atoms with E-state index in [-0.39, 0.29) is 18.9 Å². The summed E-state index contributed by atoms with van der Waals surface area (Å²) < 4.78 is 3.46. The Balaban J connectivity index is 1.47. The summed E-state index contributed by atoms with van der Waals surface area (Å²) >= 11 is -0.0531. The molecule has 4 rings (SSSR count). The van der Waals surface area contributed by atoms with Crippen molar-refractivity contribution in [3.8, 4) is 0 Å². The van der Waals surface area contributed by atoms with Crippen LogP contribution in [0.5, 0.6) is 0 Å². The normalized spacial score (nSPS) is 16.1. The number of rotatable bonds is 3. The van der Waals surface area contributed by atoms with E-state index in [0.29, 0.717) is 0 Å². The number of hydrogen-bond donors (Lipinski definition) is 0. The van der Waals surface area contributed by atoms with Gasteiger partial charge in [-0.1, -0.05) is 0 Å². The fourth-order valence-corrected chi connectivity index (χ4v) is 4.99. The first-order valence-electron chi connectivity index (χ1n) is 7.92. The van der Waals surface area contributed by atoms with Gasteiger partial charge in [0.05, 0.1) is 0 Å². The van der Waals surface area contributed by atoms with Crippen molar-refractivity contribution >= 4 is 30.0 Å². The van der Waals surface area contributed by atoms with Crippen LogP contribution >= 0.6 is 0 Å². The maximum atomic E-state index is 12.3. The Morgan fingerprint density at radius 1 is 0.870 bits per heavy atom. The second-order valence-electron chi connectivity index (χ2n) is 5.85. The van der Waals surface area contributed by atoms with Gasteiger partial charge < -0.3 is 0 Å². The second-order valence-corrected chi connectivity index (χ2v) is 7.93. The average molecular weight is 372 g/mol. The molecule has 2 aromatic carbocycles. The van der Waals surface area contributed by atoms with E-state index in [2.05, 4.69) is 52.3 Å². The van der Waals surface area contributed by atoms with E-state index >= 15 is 0 Å². The summed E-state index contributed by atoms with van der Waals surface area (Å²) in [5, 5.41) is 0. The van der Waals surface area contributed by atoms with Crippen LogP contribution in [0.1, 0.15) is 0 Å². The van der Waals surface area contributed by atoms with Crippen molar-refractivity contribution in [1.29, 1.82) is 0 Å². The maximum absolute atomic E-state index is 12.3. The number of nitrogens with zero attached hydrogens (tertiary/aromatic N) is 3. The van der Waals surface area contributed by atoms with Crippen LogP contribution in [-0.4, -0.2) is 50.1 Å². The number of anilines is 1. The van der Waals surface area contributed by atoms with Gasteiger partial charge in [-0.3, -0.25) is 0 Å². The summed E-state index contributed by atoms with van der Waals surface area (Å²) in [6.45, 7) is 4.74. The summed E-state index contributed by atoms with van der Waals surface area (Å²) in [5.41, 5.74) is 2.40. The van der Waals surface area contributed by atoms with Crippen molar-refractivity contribution < 1.29 is 0 Å². The number of hydrogen-bond acceptors (Lipinski definition) is 3. The molecule has 118 valence electrons. The van der Waals surface area contributed by atoms with Gasteiger partial charge in [-0.2, -0.15) is 0 Å². The minimum absolute atomic E-state index is 0.0531. The molecule has 0 spiro atoms. The van der Waals surface area contributed by atoms with E-state index in [4.69, 9.17) is 0 Å². The van der Waals surface area contributed by atoms with Crippen LogP contribution in [0.15, 0.2) is 59.4 Å². The van der Waals surface area contributed by atoms with Crippen LogP contribution in [-0.2, 0) is 6.67 Å². The van der Waals surface area contributed by atoms with Crippen LogP contribution in [0.2, 0.25) is 0 Å². The molecular formula is C18H19N3OSe. The first-order valence-corrected chi connectivity index (χ1v) is 9.63. The van der Waals surface area contributed by atoms with Crippen molar-refractivity contribution in [3.05, 3.63) is 63.8 Å². The van der Waals surface area contributed by atoms with Crippen molar-refractivity contribution in [2.24, 2.45) is 0 Å². The molecule has 23 heavy (non-hydrogen) atoms. The van der Waals surface area contributed by atoms with Gasteiger partial charge in [0.25, 0.3) is 0 Å². The van der Waals surface area contributed by atoms with Crippen LogP contribution < -0.4 is 9.33 Å². The molecule has 3 aromatic rings. The van der Waals surface area contributed by atoms with Gasteiger partial charge in [-0.25, -0.2) is 0 Å². The Bertz CT molecular complexity index is 847. The standard InChI is InChI=1S/C18H19N3OSe/c22-18-21(16-8-4-5-9-17(16)23-18)14-19-10-12-20(13-11-19)15-6-2-1-3-7-15/h1-9H,10-14H2. The zero-order valence-electron chi connectivity index (χ0n) is 12.9. The fraction of sp³-hybridized carbons (Fsp3) is 0.278. The molecule has 0 aliphatic carbocycles. The van der Waals surface area contributed by atoms with Gasteiger partial charge in [-0.15, -0.1) is 0 Å². The molecular weight excluding hydrogens is 353 g/mol. The fourth-order valence-electron chi connectivity index (χ4n) is 3.13. The Hall–Kier alpha value is -1.81. The molecule has 4 nitrogen and oxygen atoms in total. The predicted molar refractivity (Wildman–Crippen MR) is 95.4 cm³/mol. The zero-order valence-corrected chi connectivity index (χ0v) is 14.6. The van der Waals surface area contributed by atoms with Crippen LogP contribution in [0.3, 0.4) is 0 Å². The number of para-hydroxylation sites is 2. The number of benzene rings is 2. The summed E-state index contributed by atoms with van der Waals surface area (Å²) in [4.78, 5) is 17.1. The first-order chi connectivity index (χ1) is 11.3. The predicted octanol–water partition coefficient (Wildman–Crippen LogP) is 1.84. The summed E-state index contributed by atoms with van der Waals surface area (Å²) in [6.07, 6.45) is 0.